The van der Waals surface area contributed by atoms with Crippen molar-refractivity contribution in [1.29, 1.82) is 0 Å². The third-order valence-electron chi connectivity index (χ3n) is 6.69. The lowest BCUT2D eigenvalue weighted by atomic mass is 9.96. The molecule has 1 heterocycles. The Bertz CT molecular complexity index is 1110. The topological polar surface area (TPSA) is 66.9 Å². The first-order valence-corrected chi connectivity index (χ1v) is 13.5. The molecule has 182 valence electrons. The lowest BCUT2D eigenvalue weighted by molar-refractivity contribution is -0.149. The Morgan fingerprint density at radius 2 is 1.82 bits per heavy atom. The number of hydrogen-bond donors (Lipinski definition) is 0. The van der Waals surface area contributed by atoms with Gasteiger partial charge < -0.3 is 14.5 Å². The van der Waals surface area contributed by atoms with Crippen molar-refractivity contribution >= 4 is 51.6 Å². The van der Waals surface area contributed by atoms with Crippen molar-refractivity contribution in [3.8, 4) is 0 Å². The smallest absolute Gasteiger partial charge is 0.319 e. The van der Waals surface area contributed by atoms with Crippen LogP contribution in [0.15, 0.2) is 47.4 Å². The third-order valence-corrected chi connectivity index (χ3v) is 8.69. The van der Waals surface area contributed by atoms with E-state index in [0.717, 1.165) is 24.9 Å². The molecule has 34 heavy (non-hydrogen) atoms. The Morgan fingerprint density at radius 1 is 1.06 bits per heavy atom. The highest BCUT2D eigenvalue weighted by molar-refractivity contribution is 7.85. The largest absolute Gasteiger partial charge is 0.462 e. The minimum Gasteiger partial charge on any atom is -0.462 e. The molecular formula is C25H28Cl2N2O4S. The maximum absolute atomic E-state index is 13.3. The van der Waals surface area contributed by atoms with Gasteiger partial charge in [-0.1, -0.05) is 29.3 Å². The Kier molecular flexibility index (Phi) is 7.85. The van der Waals surface area contributed by atoms with Crippen molar-refractivity contribution in [2.45, 2.75) is 56.2 Å². The molecule has 3 atom stereocenters. The Hall–Kier alpha value is -2.09. The van der Waals surface area contributed by atoms with Crippen LogP contribution in [0.25, 0.3) is 0 Å². The summed E-state index contributed by atoms with van der Waals surface area (Å²) in [6.45, 7) is 5.34. The number of ether oxygens (including phenoxy) is 1. The summed E-state index contributed by atoms with van der Waals surface area (Å²) >= 11 is 12.5. The summed E-state index contributed by atoms with van der Waals surface area (Å²) in [4.78, 5) is 29.7. The molecule has 1 aliphatic carbocycles. The van der Waals surface area contributed by atoms with Crippen LogP contribution in [0.3, 0.4) is 0 Å². The molecule has 0 radical (unpaired) electrons. The molecule has 1 aliphatic heterocycles. The average Bonchev–Trinajstić information content (AvgIpc) is 2.77. The van der Waals surface area contributed by atoms with Gasteiger partial charge in [0.15, 0.2) is 0 Å². The zero-order valence-electron chi connectivity index (χ0n) is 19.2. The number of halogens is 2. The van der Waals surface area contributed by atoms with E-state index in [2.05, 4.69) is 11.8 Å². The summed E-state index contributed by atoms with van der Waals surface area (Å²) in [5, 5.41) is 0.887. The van der Waals surface area contributed by atoms with E-state index in [1.165, 1.54) is 6.07 Å². The van der Waals surface area contributed by atoms with Crippen molar-refractivity contribution in [2.75, 3.05) is 23.7 Å². The van der Waals surface area contributed by atoms with Gasteiger partial charge in [0, 0.05) is 41.4 Å². The fourth-order valence-corrected chi connectivity index (χ4v) is 5.88. The zero-order valence-corrected chi connectivity index (χ0v) is 21.5. The van der Waals surface area contributed by atoms with Crippen LogP contribution < -0.4 is 4.90 Å². The second kappa shape index (κ2) is 10.7. The minimum atomic E-state index is -1.64. The quantitative estimate of drug-likeness (QED) is 0.502. The summed E-state index contributed by atoms with van der Waals surface area (Å²) in [5.41, 5.74) is 1.46. The van der Waals surface area contributed by atoms with Gasteiger partial charge >= 0.3 is 5.97 Å². The second-order valence-electron chi connectivity index (χ2n) is 8.83. The van der Waals surface area contributed by atoms with E-state index < -0.39 is 16.8 Å². The monoisotopic (exact) mass is 522 g/mol. The molecule has 2 fully saturated rings. The molecule has 1 unspecified atom stereocenters. The minimum absolute atomic E-state index is 0.0471. The molecule has 0 bridgehead atoms. The first kappa shape index (κ1) is 25.0. The molecule has 1 saturated heterocycles. The zero-order chi connectivity index (χ0) is 24.4. The van der Waals surface area contributed by atoms with E-state index in [4.69, 9.17) is 27.9 Å². The number of amides is 1. The fourth-order valence-electron chi connectivity index (χ4n) is 4.33. The van der Waals surface area contributed by atoms with Gasteiger partial charge in [0.25, 0.3) is 5.91 Å². The van der Waals surface area contributed by atoms with Crippen molar-refractivity contribution in [1.82, 2.24) is 4.90 Å². The van der Waals surface area contributed by atoms with Gasteiger partial charge in [-0.25, -0.2) is 0 Å². The number of piperazine rings is 1. The van der Waals surface area contributed by atoms with Gasteiger partial charge in [-0.05, 0) is 69.5 Å². The standard InChI is InChI=1S/C25H28Cl2N2O4S/c1-16-17(2)29(12-11-28(16)20-6-3-5-19(26)14-20)25(31)18-9-10-23(22(27)13-18)34(32)15-24(30)33-21-7-4-8-21/h3,5-6,9-10,13-14,16-17,21H,4,7-8,11-12,15H2,1-2H3/t16-,17-,34?/m1/s1. The molecule has 2 aromatic rings. The van der Waals surface area contributed by atoms with E-state index >= 15 is 0 Å². The van der Waals surface area contributed by atoms with Crippen LogP contribution in [0, 0.1) is 0 Å². The number of nitrogens with zero attached hydrogens (tertiary/aromatic N) is 2. The lowest BCUT2D eigenvalue weighted by Crippen LogP contribution is -2.59. The molecule has 9 heteroatoms. The highest BCUT2D eigenvalue weighted by Gasteiger charge is 2.34. The lowest BCUT2D eigenvalue weighted by Gasteiger charge is -2.46. The molecular weight excluding hydrogens is 495 g/mol. The van der Waals surface area contributed by atoms with Gasteiger partial charge in [-0.3, -0.25) is 13.8 Å². The predicted molar refractivity (Wildman–Crippen MR) is 135 cm³/mol. The van der Waals surface area contributed by atoms with E-state index in [9.17, 15) is 13.8 Å². The fraction of sp³-hybridized carbons (Fsp3) is 0.440. The third kappa shape index (κ3) is 5.42. The first-order valence-electron chi connectivity index (χ1n) is 11.4. The van der Waals surface area contributed by atoms with Crippen LogP contribution in [0.2, 0.25) is 10.0 Å². The van der Waals surface area contributed by atoms with Gasteiger partial charge in [-0.2, -0.15) is 0 Å². The normalized spacial score (nSPS) is 21.6. The van der Waals surface area contributed by atoms with Crippen LogP contribution >= 0.6 is 23.2 Å². The number of hydrogen-bond acceptors (Lipinski definition) is 5. The maximum Gasteiger partial charge on any atom is 0.319 e. The predicted octanol–water partition coefficient (Wildman–Crippen LogP) is 4.94. The highest BCUT2D eigenvalue weighted by atomic mass is 35.5. The van der Waals surface area contributed by atoms with Crippen LogP contribution in [0.4, 0.5) is 5.69 Å². The van der Waals surface area contributed by atoms with Crippen LogP contribution in [-0.4, -0.2) is 58.0 Å². The Balaban J connectivity index is 1.42. The molecule has 0 spiro atoms. The average molecular weight is 523 g/mol. The number of carbonyl (C=O) groups is 2. The summed E-state index contributed by atoms with van der Waals surface area (Å²) in [7, 11) is -1.64. The van der Waals surface area contributed by atoms with Crippen LogP contribution in [-0.2, 0) is 20.3 Å². The number of rotatable bonds is 6. The van der Waals surface area contributed by atoms with Crippen LogP contribution in [0.1, 0.15) is 43.5 Å². The van der Waals surface area contributed by atoms with Crippen molar-refractivity contribution < 1.29 is 18.5 Å². The summed E-state index contributed by atoms with van der Waals surface area (Å²) in [6.07, 6.45) is 2.72. The molecule has 6 nitrogen and oxygen atoms in total. The number of carbonyl (C=O) groups excluding carboxylic acids is 2. The van der Waals surface area contributed by atoms with Crippen LogP contribution in [0.5, 0.6) is 0 Å². The van der Waals surface area contributed by atoms with E-state index in [1.807, 2.05) is 36.1 Å². The molecule has 4 rings (SSSR count). The Labute approximate surface area is 212 Å². The number of benzene rings is 2. The number of esters is 1. The van der Waals surface area contributed by atoms with Gasteiger partial charge in [-0.15, -0.1) is 0 Å². The maximum atomic E-state index is 13.3. The van der Waals surface area contributed by atoms with Gasteiger partial charge in [0.05, 0.1) is 20.7 Å². The molecule has 2 aromatic carbocycles. The first-order chi connectivity index (χ1) is 16.2. The highest BCUT2D eigenvalue weighted by Crippen LogP contribution is 2.29. The summed E-state index contributed by atoms with van der Waals surface area (Å²) in [6, 6.07) is 12.5. The summed E-state index contributed by atoms with van der Waals surface area (Å²) < 4.78 is 17.9. The van der Waals surface area contributed by atoms with Crippen molar-refractivity contribution in [3.05, 3.63) is 58.1 Å². The Morgan fingerprint density at radius 3 is 2.47 bits per heavy atom. The van der Waals surface area contributed by atoms with E-state index in [1.54, 1.807) is 12.1 Å². The van der Waals surface area contributed by atoms with Gasteiger partial charge in [0.1, 0.15) is 11.9 Å². The molecule has 1 saturated carbocycles. The van der Waals surface area contributed by atoms with E-state index in [0.29, 0.717) is 28.6 Å². The summed E-state index contributed by atoms with van der Waals surface area (Å²) in [5.74, 6) is -0.864. The second-order valence-corrected chi connectivity index (χ2v) is 11.1. The molecule has 2 aliphatic rings. The number of anilines is 1. The SMILES string of the molecule is C[C@@H]1[C@@H](C)N(c2cccc(Cl)c2)CCN1C(=O)c1ccc(S(=O)CC(=O)OC2CCC2)c(Cl)c1. The van der Waals surface area contributed by atoms with Crippen molar-refractivity contribution in [3.63, 3.8) is 0 Å². The molecule has 0 N–H and O–H groups in total. The van der Waals surface area contributed by atoms with E-state index in [-0.39, 0.29) is 34.9 Å². The van der Waals surface area contributed by atoms with Gasteiger partial charge in [0.2, 0.25) is 0 Å². The molecule has 0 aromatic heterocycles. The molecule has 1 amide bonds. The van der Waals surface area contributed by atoms with Crippen molar-refractivity contribution in [2.24, 2.45) is 0 Å².